The van der Waals surface area contributed by atoms with E-state index in [1.165, 1.54) is 12.1 Å². The number of carbonyl (C=O) groups is 1. The third kappa shape index (κ3) is 3.60. The molecule has 15 heavy (non-hydrogen) atoms. The van der Waals surface area contributed by atoms with E-state index in [0.717, 1.165) is 0 Å². The Kier molecular flexibility index (Phi) is 4.23. The number of hydrogen-bond donors (Lipinski definition) is 0. The van der Waals surface area contributed by atoms with Crippen LogP contribution in [-0.2, 0) is 4.74 Å². The van der Waals surface area contributed by atoms with Gasteiger partial charge in [-0.2, -0.15) is 0 Å². The summed E-state index contributed by atoms with van der Waals surface area (Å²) < 4.78 is 27.7. The summed E-state index contributed by atoms with van der Waals surface area (Å²) in [5, 5.41) is 0.0297. The minimum absolute atomic E-state index is 0.00123. The molecule has 3 nitrogen and oxygen atoms in total. The van der Waals surface area contributed by atoms with Gasteiger partial charge in [-0.1, -0.05) is 23.2 Å². The molecule has 0 aromatic carbocycles. The zero-order valence-electron chi connectivity index (χ0n) is 7.21. The summed E-state index contributed by atoms with van der Waals surface area (Å²) in [6.07, 6.45) is -2.73. The molecule has 0 aliphatic carbocycles. The Labute approximate surface area is 94.0 Å². The Bertz CT molecular complexity index is 374. The van der Waals surface area contributed by atoms with Crippen molar-refractivity contribution in [3.05, 3.63) is 28.0 Å². The summed E-state index contributed by atoms with van der Waals surface area (Å²) in [6.45, 7) is -0.997. The van der Waals surface area contributed by atoms with E-state index in [9.17, 15) is 13.6 Å². The number of pyridine rings is 1. The zero-order chi connectivity index (χ0) is 11.4. The van der Waals surface area contributed by atoms with Gasteiger partial charge in [0.15, 0.2) is 12.3 Å². The molecule has 0 N–H and O–H groups in total. The first-order valence-corrected chi connectivity index (χ1v) is 4.53. The summed E-state index contributed by atoms with van der Waals surface area (Å²) in [7, 11) is 0. The van der Waals surface area contributed by atoms with Crippen LogP contribution in [-0.4, -0.2) is 24.0 Å². The average molecular weight is 256 g/mol. The fourth-order valence-corrected chi connectivity index (χ4v) is 1.10. The smallest absolute Gasteiger partial charge is 0.358 e. The van der Waals surface area contributed by atoms with Gasteiger partial charge in [-0.3, -0.25) is 0 Å². The first-order valence-electron chi connectivity index (χ1n) is 3.78. The van der Waals surface area contributed by atoms with Crippen molar-refractivity contribution in [3.63, 3.8) is 0 Å². The van der Waals surface area contributed by atoms with E-state index in [0.29, 0.717) is 0 Å². The van der Waals surface area contributed by atoms with E-state index in [4.69, 9.17) is 23.2 Å². The second-order valence-corrected chi connectivity index (χ2v) is 3.25. The number of rotatable bonds is 3. The van der Waals surface area contributed by atoms with E-state index in [1.54, 1.807) is 0 Å². The van der Waals surface area contributed by atoms with Crippen LogP contribution >= 0.6 is 23.2 Å². The van der Waals surface area contributed by atoms with Gasteiger partial charge in [0.25, 0.3) is 6.43 Å². The number of carbonyl (C=O) groups excluding carboxylic acids is 1. The number of ether oxygens (including phenoxy) is 1. The summed E-state index contributed by atoms with van der Waals surface area (Å²) in [5.74, 6) is -1.03. The molecule has 82 valence electrons. The topological polar surface area (TPSA) is 39.2 Å². The number of aromatic nitrogens is 1. The molecule has 0 saturated carbocycles. The molecule has 1 rings (SSSR count). The molecule has 0 radical (unpaired) electrons. The zero-order valence-corrected chi connectivity index (χ0v) is 8.73. The van der Waals surface area contributed by atoms with Gasteiger partial charge < -0.3 is 4.74 Å². The molecule has 0 fully saturated rings. The lowest BCUT2D eigenvalue weighted by Gasteiger charge is -2.04. The van der Waals surface area contributed by atoms with Gasteiger partial charge in [0.2, 0.25) is 0 Å². The van der Waals surface area contributed by atoms with Crippen molar-refractivity contribution in [2.45, 2.75) is 6.43 Å². The molecule has 1 aromatic rings. The highest BCUT2D eigenvalue weighted by Crippen LogP contribution is 2.17. The Morgan fingerprint density at radius 2 is 2.13 bits per heavy atom. The van der Waals surface area contributed by atoms with E-state index >= 15 is 0 Å². The van der Waals surface area contributed by atoms with Crippen LogP contribution in [0.1, 0.15) is 10.5 Å². The third-order valence-electron chi connectivity index (χ3n) is 1.35. The van der Waals surface area contributed by atoms with E-state index in [1.807, 2.05) is 0 Å². The van der Waals surface area contributed by atoms with Crippen molar-refractivity contribution >= 4 is 29.2 Å². The molecule has 1 heterocycles. The largest absolute Gasteiger partial charge is 0.455 e. The van der Waals surface area contributed by atoms with Crippen LogP contribution in [0.3, 0.4) is 0 Å². The predicted molar refractivity (Wildman–Crippen MR) is 50.5 cm³/mol. The molecule has 0 saturated heterocycles. The molecule has 0 aliphatic rings. The first kappa shape index (κ1) is 12.1. The molecule has 0 unspecified atom stereocenters. The molecule has 0 bridgehead atoms. The predicted octanol–water partition coefficient (Wildman–Crippen LogP) is 2.81. The maximum atomic E-state index is 11.7. The minimum Gasteiger partial charge on any atom is -0.455 e. The quantitative estimate of drug-likeness (QED) is 0.616. The molecule has 1 aromatic heterocycles. The molecule has 7 heteroatoms. The number of hydrogen-bond acceptors (Lipinski definition) is 3. The van der Waals surface area contributed by atoms with Crippen LogP contribution in [0.5, 0.6) is 0 Å². The van der Waals surface area contributed by atoms with Crippen LogP contribution in [0, 0.1) is 0 Å². The van der Waals surface area contributed by atoms with Gasteiger partial charge in [0, 0.05) is 0 Å². The van der Waals surface area contributed by atoms with Crippen LogP contribution in [0.2, 0.25) is 10.2 Å². The Hall–Kier alpha value is -0.940. The highest BCUT2D eigenvalue weighted by Gasteiger charge is 2.16. The highest BCUT2D eigenvalue weighted by molar-refractivity contribution is 6.34. The second-order valence-electron chi connectivity index (χ2n) is 2.45. The summed E-state index contributed by atoms with van der Waals surface area (Å²) in [6, 6.07) is 2.70. The maximum absolute atomic E-state index is 11.7. The van der Waals surface area contributed by atoms with Gasteiger partial charge in [-0.25, -0.2) is 18.6 Å². The Morgan fingerprint density at radius 3 is 2.73 bits per heavy atom. The number of alkyl halides is 2. The summed E-state index contributed by atoms with van der Waals surface area (Å²) in [4.78, 5) is 14.7. The minimum atomic E-state index is -2.73. The third-order valence-corrected chi connectivity index (χ3v) is 1.86. The summed E-state index contributed by atoms with van der Waals surface area (Å²) >= 11 is 11.1. The standard InChI is InChI=1S/C8H5Cl2F2NO2/c9-4-1-2-5(10)13-7(4)8(14)15-3-6(11)12/h1-2,6H,3H2. The van der Waals surface area contributed by atoms with Gasteiger partial charge in [-0.15, -0.1) is 0 Å². The second kappa shape index (κ2) is 5.23. The van der Waals surface area contributed by atoms with Crippen molar-refractivity contribution in [2.24, 2.45) is 0 Å². The fraction of sp³-hybridized carbons (Fsp3) is 0.250. The summed E-state index contributed by atoms with van der Waals surface area (Å²) in [5.41, 5.74) is -0.273. The lowest BCUT2D eigenvalue weighted by Crippen LogP contribution is -2.13. The Balaban J connectivity index is 2.77. The molecule has 0 spiro atoms. The van der Waals surface area contributed by atoms with Crippen LogP contribution in [0.15, 0.2) is 12.1 Å². The fourth-order valence-electron chi connectivity index (χ4n) is 0.769. The number of esters is 1. The van der Waals surface area contributed by atoms with Gasteiger partial charge >= 0.3 is 5.97 Å². The van der Waals surface area contributed by atoms with Gasteiger partial charge in [-0.05, 0) is 12.1 Å². The molecule has 0 amide bonds. The SMILES string of the molecule is O=C(OCC(F)F)c1nc(Cl)ccc1Cl. The monoisotopic (exact) mass is 255 g/mol. The average Bonchev–Trinajstić information content (AvgIpc) is 2.18. The number of halogens is 4. The first-order chi connectivity index (χ1) is 7.00. The lowest BCUT2D eigenvalue weighted by atomic mass is 10.3. The van der Waals surface area contributed by atoms with Gasteiger partial charge in [0.05, 0.1) is 5.02 Å². The van der Waals surface area contributed by atoms with Crippen molar-refractivity contribution in [1.29, 1.82) is 0 Å². The van der Waals surface area contributed by atoms with Crippen LogP contribution < -0.4 is 0 Å². The lowest BCUT2D eigenvalue weighted by molar-refractivity contribution is 0.0155. The number of nitrogens with zero attached hydrogens (tertiary/aromatic N) is 1. The van der Waals surface area contributed by atoms with Crippen LogP contribution in [0.25, 0.3) is 0 Å². The molecular weight excluding hydrogens is 251 g/mol. The highest BCUT2D eigenvalue weighted by atomic mass is 35.5. The van der Waals surface area contributed by atoms with Crippen molar-refractivity contribution < 1.29 is 18.3 Å². The van der Waals surface area contributed by atoms with Crippen LogP contribution in [0.4, 0.5) is 8.78 Å². The Morgan fingerprint density at radius 1 is 1.47 bits per heavy atom. The normalized spacial score (nSPS) is 10.5. The van der Waals surface area contributed by atoms with E-state index in [2.05, 4.69) is 9.72 Å². The molecule has 0 aliphatic heterocycles. The van der Waals surface area contributed by atoms with Crippen molar-refractivity contribution in [1.82, 2.24) is 4.98 Å². The molecular formula is C8H5Cl2F2NO2. The molecule has 0 atom stereocenters. The van der Waals surface area contributed by atoms with Crippen molar-refractivity contribution in [3.8, 4) is 0 Å². The van der Waals surface area contributed by atoms with E-state index < -0.39 is 19.0 Å². The van der Waals surface area contributed by atoms with E-state index in [-0.39, 0.29) is 15.9 Å². The maximum Gasteiger partial charge on any atom is 0.358 e. The van der Waals surface area contributed by atoms with Crippen molar-refractivity contribution in [2.75, 3.05) is 6.61 Å². The van der Waals surface area contributed by atoms with Gasteiger partial charge in [0.1, 0.15) is 5.15 Å².